The highest BCUT2D eigenvalue weighted by Gasteiger charge is 2.28. The highest BCUT2D eigenvalue weighted by Crippen LogP contribution is 2.27. The summed E-state index contributed by atoms with van der Waals surface area (Å²) < 4.78 is 19.6. The van der Waals surface area contributed by atoms with E-state index in [0.29, 0.717) is 36.9 Å². The highest BCUT2D eigenvalue weighted by molar-refractivity contribution is 6.30. The molecule has 0 aliphatic carbocycles. The molecule has 1 aromatic heterocycles. The summed E-state index contributed by atoms with van der Waals surface area (Å²) >= 11 is 5.78. The molecule has 0 bridgehead atoms. The number of hydrogen-bond donors (Lipinski definition) is 0. The quantitative estimate of drug-likeness (QED) is 0.590. The highest BCUT2D eigenvalue weighted by atomic mass is 35.5. The fourth-order valence-corrected chi connectivity index (χ4v) is 3.80. The number of carbonyl (C=O) groups is 1. The largest absolute Gasteiger partial charge is 0.436 e. The third-order valence-corrected chi connectivity index (χ3v) is 5.44. The standard InChI is InChI=1S/C23H22ClFN4O2/c1-16-14-28(9-10-29(16)23(30)11-17-5-3-2-4-6-17)21-13-22(27-15-26-21)31-20-8-7-18(24)12-19(20)25/h2-8,12-13,15-16H,9-11,14H2,1H3/t16-/m1/s1. The van der Waals surface area contributed by atoms with Crippen LogP contribution in [-0.2, 0) is 11.2 Å². The smallest absolute Gasteiger partial charge is 0.227 e. The second kappa shape index (κ2) is 9.31. The predicted octanol–water partition coefficient (Wildman–Crippen LogP) is 4.34. The first-order valence-electron chi connectivity index (χ1n) is 10.0. The Balaban J connectivity index is 1.41. The minimum atomic E-state index is -0.563. The van der Waals surface area contributed by atoms with Gasteiger partial charge in [-0.05, 0) is 30.7 Å². The van der Waals surface area contributed by atoms with Crippen LogP contribution in [0.15, 0.2) is 60.9 Å². The number of piperazine rings is 1. The molecule has 1 aliphatic rings. The van der Waals surface area contributed by atoms with Crippen LogP contribution in [-0.4, -0.2) is 46.5 Å². The Hall–Kier alpha value is -3.19. The van der Waals surface area contributed by atoms with Crippen molar-refractivity contribution >= 4 is 23.3 Å². The summed E-state index contributed by atoms with van der Waals surface area (Å²) in [5.41, 5.74) is 1.01. The average molecular weight is 441 g/mol. The van der Waals surface area contributed by atoms with Gasteiger partial charge in [-0.2, -0.15) is 0 Å². The number of ether oxygens (including phenoxy) is 1. The Morgan fingerprint density at radius 2 is 1.97 bits per heavy atom. The average Bonchev–Trinajstić information content (AvgIpc) is 2.76. The number of benzene rings is 2. The number of carbonyl (C=O) groups excluding carboxylic acids is 1. The molecule has 31 heavy (non-hydrogen) atoms. The summed E-state index contributed by atoms with van der Waals surface area (Å²) in [4.78, 5) is 25.1. The van der Waals surface area contributed by atoms with Crippen LogP contribution in [0.5, 0.6) is 11.6 Å². The lowest BCUT2D eigenvalue weighted by atomic mass is 10.1. The number of aromatic nitrogens is 2. The van der Waals surface area contributed by atoms with Crippen LogP contribution in [0.2, 0.25) is 5.02 Å². The lowest BCUT2D eigenvalue weighted by Crippen LogP contribution is -2.54. The van der Waals surface area contributed by atoms with Gasteiger partial charge in [0.15, 0.2) is 11.6 Å². The van der Waals surface area contributed by atoms with Gasteiger partial charge in [0, 0.05) is 36.8 Å². The monoisotopic (exact) mass is 440 g/mol. The van der Waals surface area contributed by atoms with E-state index in [2.05, 4.69) is 14.9 Å². The molecule has 160 valence electrons. The van der Waals surface area contributed by atoms with E-state index in [1.165, 1.54) is 18.5 Å². The molecule has 4 rings (SSSR count). The SMILES string of the molecule is C[C@@H]1CN(c2cc(Oc3ccc(Cl)cc3F)ncn2)CCN1C(=O)Cc1ccccc1. The first kappa shape index (κ1) is 21.1. The van der Waals surface area contributed by atoms with E-state index in [4.69, 9.17) is 16.3 Å². The zero-order chi connectivity index (χ0) is 21.8. The molecule has 8 heteroatoms. The molecule has 6 nitrogen and oxygen atoms in total. The third-order valence-electron chi connectivity index (χ3n) is 5.21. The summed E-state index contributed by atoms with van der Waals surface area (Å²) in [6.07, 6.45) is 1.78. The Bertz CT molecular complexity index is 1070. The van der Waals surface area contributed by atoms with E-state index in [1.807, 2.05) is 42.2 Å². The third kappa shape index (κ3) is 5.11. The second-order valence-corrected chi connectivity index (χ2v) is 7.87. The van der Waals surface area contributed by atoms with Crippen molar-refractivity contribution in [1.82, 2.24) is 14.9 Å². The summed E-state index contributed by atoms with van der Waals surface area (Å²) in [6.45, 7) is 3.89. The maximum Gasteiger partial charge on any atom is 0.227 e. The van der Waals surface area contributed by atoms with Crippen molar-refractivity contribution in [1.29, 1.82) is 0 Å². The Morgan fingerprint density at radius 3 is 2.71 bits per heavy atom. The van der Waals surface area contributed by atoms with Gasteiger partial charge in [0.2, 0.25) is 11.8 Å². The lowest BCUT2D eigenvalue weighted by molar-refractivity contribution is -0.132. The molecule has 1 fully saturated rings. The van der Waals surface area contributed by atoms with Gasteiger partial charge < -0.3 is 14.5 Å². The van der Waals surface area contributed by atoms with Gasteiger partial charge in [-0.15, -0.1) is 0 Å². The van der Waals surface area contributed by atoms with Crippen LogP contribution < -0.4 is 9.64 Å². The Labute approximate surface area is 185 Å². The van der Waals surface area contributed by atoms with Gasteiger partial charge in [-0.25, -0.2) is 14.4 Å². The topological polar surface area (TPSA) is 58.6 Å². The molecule has 1 saturated heterocycles. The van der Waals surface area contributed by atoms with E-state index in [0.717, 1.165) is 5.56 Å². The van der Waals surface area contributed by atoms with Crippen LogP contribution in [0.25, 0.3) is 0 Å². The molecule has 2 aromatic carbocycles. The zero-order valence-corrected chi connectivity index (χ0v) is 17.8. The normalized spacial score (nSPS) is 16.3. The van der Waals surface area contributed by atoms with Crippen LogP contribution in [0.4, 0.5) is 10.2 Å². The van der Waals surface area contributed by atoms with Gasteiger partial charge in [0.25, 0.3) is 0 Å². The van der Waals surface area contributed by atoms with Crippen LogP contribution in [0.3, 0.4) is 0 Å². The summed E-state index contributed by atoms with van der Waals surface area (Å²) in [5.74, 6) is 0.497. The first-order chi connectivity index (χ1) is 15.0. The number of rotatable bonds is 5. The summed E-state index contributed by atoms with van der Waals surface area (Å²) in [7, 11) is 0. The van der Waals surface area contributed by atoms with Gasteiger partial charge in [0.1, 0.15) is 12.1 Å². The molecule has 0 spiro atoms. The molecule has 1 atom stereocenters. The molecular formula is C23H22ClFN4O2. The van der Waals surface area contributed by atoms with Gasteiger partial charge in [0.05, 0.1) is 6.42 Å². The number of halogens is 2. The molecule has 3 aromatic rings. The summed E-state index contributed by atoms with van der Waals surface area (Å²) in [5, 5.41) is 0.293. The van der Waals surface area contributed by atoms with Crippen molar-refractivity contribution in [3.8, 4) is 11.6 Å². The Morgan fingerprint density at radius 1 is 1.16 bits per heavy atom. The van der Waals surface area contributed by atoms with Crippen molar-refractivity contribution in [2.45, 2.75) is 19.4 Å². The molecule has 0 N–H and O–H groups in total. The van der Waals surface area contributed by atoms with Crippen LogP contribution >= 0.6 is 11.6 Å². The number of anilines is 1. The lowest BCUT2D eigenvalue weighted by Gasteiger charge is -2.40. The molecule has 0 unspecified atom stereocenters. The van der Waals surface area contributed by atoms with Gasteiger partial charge >= 0.3 is 0 Å². The molecular weight excluding hydrogens is 419 g/mol. The van der Waals surface area contributed by atoms with Crippen molar-refractivity contribution in [2.24, 2.45) is 0 Å². The molecule has 2 heterocycles. The van der Waals surface area contributed by atoms with E-state index in [-0.39, 0.29) is 23.6 Å². The van der Waals surface area contributed by atoms with Gasteiger partial charge in [-0.1, -0.05) is 41.9 Å². The van der Waals surface area contributed by atoms with E-state index in [1.54, 1.807) is 12.1 Å². The first-order valence-corrected chi connectivity index (χ1v) is 10.4. The minimum absolute atomic E-state index is 0.0259. The number of nitrogens with zero attached hydrogens (tertiary/aromatic N) is 4. The molecule has 1 aliphatic heterocycles. The maximum absolute atomic E-state index is 14.0. The maximum atomic E-state index is 14.0. The van der Waals surface area contributed by atoms with Crippen LogP contribution in [0.1, 0.15) is 12.5 Å². The second-order valence-electron chi connectivity index (χ2n) is 7.44. The molecule has 0 saturated carbocycles. The van der Waals surface area contributed by atoms with Crippen molar-refractivity contribution in [3.63, 3.8) is 0 Å². The van der Waals surface area contributed by atoms with E-state index >= 15 is 0 Å². The fraction of sp³-hybridized carbons (Fsp3) is 0.261. The van der Waals surface area contributed by atoms with Gasteiger partial charge in [-0.3, -0.25) is 4.79 Å². The number of hydrogen-bond acceptors (Lipinski definition) is 5. The molecule has 1 amide bonds. The fourth-order valence-electron chi connectivity index (χ4n) is 3.64. The van der Waals surface area contributed by atoms with Crippen molar-refractivity contribution in [3.05, 3.63) is 77.3 Å². The van der Waals surface area contributed by atoms with E-state index < -0.39 is 5.82 Å². The summed E-state index contributed by atoms with van der Waals surface area (Å²) in [6, 6.07) is 15.6. The predicted molar refractivity (Wildman–Crippen MR) is 117 cm³/mol. The minimum Gasteiger partial charge on any atom is -0.436 e. The zero-order valence-electron chi connectivity index (χ0n) is 17.0. The van der Waals surface area contributed by atoms with Crippen molar-refractivity contribution in [2.75, 3.05) is 24.5 Å². The molecule has 0 radical (unpaired) electrons. The number of amides is 1. The Kier molecular flexibility index (Phi) is 6.32. The van der Waals surface area contributed by atoms with Crippen molar-refractivity contribution < 1.29 is 13.9 Å². The van der Waals surface area contributed by atoms with E-state index in [9.17, 15) is 9.18 Å². The van der Waals surface area contributed by atoms with Crippen LogP contribution in [0, 0.1) is 5.82 Å².